The normalized spacial score (nSPS) is 16.7. The second-order valence-corrected chi connectivity index (χ2v) is 5.46. The van der Waals surface area contributed by atoms with Crippen molar-refractivity contribution in [3.63, 3.8) is 0 Å². The molecule has 0 aliphatic heterocycles. The molecule has 19 heavy (non-hydrogen) atoms. The van der Waals surface area contributed by atoms with E-state index >= 15 is 0 Å². The van der Waals surface area contributed by atoms with E-state index in [1.165, 1.54) is 27.9 Å². The molecule has 0 fully saturated rings. The van der Waals surface area contributed by atoms with Gasteiger partial charge in [0, 0.05) is 52.5 Å². The van der Waals surface area contributed by atoms with Gasteiger partial charge in [-0.15, -0.1) is 0 Å². The summed E-state index contributed by atoms with van der Waals surface area (Å²) >= 11 is 0. The number of carbonyl (C=O) groups is 1. The maximum atomic E-state index is 10.9. The number of anilines is 1. The van der Waals surface area contributed by atoms with Crippen LogP contribution < -0.4 is 4.90 Å². The first-order valence-corrected chi connectivity index (χ1v) is 6.44. The van der Waals surface area contributed by atoms with E-state index in [9.17, 15) is 4.79 Å². The summed E-state index contributed by atoms with van der Waals surface area (Å²) < 4.78 is 0. The summed E-state index contributed by atoms with van der Waals surface area (Å²) in [5.41, 5.74) is 6.48. The van der Waals surface area contributed by atoms with Gasteiger partial charge in [-0.25, -0.2) is 0 Å². The van der Waals surface area contributed by atoms with Crippen molar-refractivity contribution in [2.45, 2.75) is 39.0 Å². The molecule has 0 saturated heterocycles. The largest absolute Gasteiger partial charge is 0.481 e. The van der Waals surface area contributed by atoms with Gasteiger partial charge >= 0.3 is 5.97 Å². The van der Waals surface area contributed by atoms with Crippen molar-refractivity contribution in [2.24, 2.45) is 0 Å². The number of benzene rings is 1. The Balaban J connectivity index is 0.00000180. The Hall–Kier alpha value is -0.406. The zero-order chi connectivity index (χ0) is 13.4. The van der Waals surface area contributed by atoms with Gasteiger partial charge in [-0.1, -0.05) is 6.07 Å². The minimum Gasteiger partial charge on any atom is -0.481 e. The standard InChI is InChI=1S/C15H21NO2.Y/c1-9-7-13-11(8-14(17)18)5-6-12(13)10(2)15(9)16(3)4;/h7,11H,5-6,8H2,1-4H3,(H,17,18);/t11-;/m1./s1. The molecule has 0 spiro atoms. The Morgan fingerprint density at radius 1 is 1.42 bits per heavy atom. The van der Waals surface area contributed by atoms with Gasteiger partial charge in [-0.05, 0) is 54.9 Å². The maximum absolute atomic E-state index is 10.9. The molecule has 0 bridgehead atoms. The Morgan fingerprint density at radius 2 is 2.05 bits per heavy atom. The molecule has 1 radical (unpaired) electrons. The number of rotatable bonds is 3. The Kier molecular flexibility index (Phi) is 5.57. The number of fused-ring (bicyclic) bond motifs is 1. The van der Waals surface area contributed by atoms with Crippen molar-refractivity contribution in [1.82, 2.24) is 0 Å². The van der Waals surface area contributed by atoms with Crippen molar-refractivity contribution in [3.05, 3.63) is 28.3 Å². The molecule has 1 aliphatic rings. The van der Waals surface area contributed by atoms with Crippen LogP contribution in [0.3, 0.4) is 0 Å². The van der Waals surface area contributed by atoms with E-state index < -0.39 is 5.97 Å². The fourth-order valence-electron chi connectivity index (χ4n) is 3.32. The van der Waals surface area contributed by atoms with Crippen LogP contribution in [0.15, 0.2) is 6.07 Å². The topological polar surface area (TPSA) is 40.5 Å². The average molecular weight is 336 g/mol. The maximum Gasteiger partial charge on any atom is 0.303 e. The zero-order valence-corrected chi connectivity index (χ0v) is 15.0. The fourth-order valence-corrected chi connectivity index (χ4v) is 3.32. The van der Waals surface area contributed by atoms with Gasteiger partial charge in [0.05, 0.1) is 6.42 Å². The summed E-state index contributed by atoms with van der Waals surface area (Å²) in [4.78, 5) is 13.1. The van der Waals surface area contributed by atoms with E-state index in [2.05, 4.69) is 38.9 Å². The molecule has 1 aromatic carbocycles. The summed E-state index contributed by atoms with van der Waals surface area (Å²) in [6.45, 7) is 4.27. The fraction of sp³-hybridized carbons (Fsp3) is 0.533. The molecule has 1 aromatic rings. The summed E-state index contributed by atoms with van der Waals surface area (Å²) in [5, 5.41) is 8.97. The molecular weight excluding hydrogens is 315 g/mol. The third-order valence-corrected chi connectivity index (χ3v) is 3.95. The summed E-state index contributed by atoms with van der Waals surface area (Å²) in [6.07, 6.45) is 2.24. The predicted octanol–water partition coefficient (Wildman–Crippen LogP) is 2.87. The molecule has 0 unspecified atom stereocenters. The van der Waals surface area contributed by atoms with E-state index in [1.54, 1.807) is 0 Å². The van der Waals surface area contributed by atoms with Crippen LogP contribution in [0.2, 0.25) is 0 Å². The van der Waals surface area contributed by atoms with Crippen LogP contribution in [0, 0.1) is 13.8 Å². The summed E-state index contributed by atoms with van der Waals surface area (Å²) in [5.74, 6) is -0.494. The number of hydrogen-bond donors (Lipinski definition) is 1. The molecule has 1 aliphatic carbocycles. The number of nitrogens with zero attached hydrogens (tertiary/aromatic N) is 1. The van der Waals surface area contributed by atoms with E-state index in [4.69, 9.17) is 5.11 Å². The third kappa shape index (κ3) is 3.19. The zero-order valence-electron chi connectivity index (χ0n) is 12.2. The van der Waals surface area contributed by atoms with E-state index in [0.717, 1.165) is 12.8 Å². The van der Waals surface area contributed by atoms with E-state index in [-0.39, 0.29) is 45.0 Å². The molecule has 3 nitrogen and oxygen atoms in total. The van der Waals surface area contributed by atoms with Gasteiger partial charge < -0.3 is 10.0 Å². The Morgan fingerprint density at radius 3 is 2.58 bits per heavy atom. The monoisotopic (exact) mass is 336 g/mol. The molecule has 101 valence electrons. The molecule has 0 heterocycles. The second-order valence-electron chi connectivity index (χ2n) is 5.46. The van der Waals surface area contributed by atoms with Crippen molar-refractivity contribution in [3.8, 4) is 0 Å². The van der Waals surface area contributed by atoms with Crippen LogP contribution in [-0.4, -0.2) is 25.2 Å². The van der Waals surface area contributed by atoms with Gasteiger partial charge in [-0.2, -0.15) is 0 Å². The van der Waals surface area contributed by atoms with Crippen LogP contribution in [0.25, 0.3) is 0 Å². The van der Waals surface area contributed by atoms with Crippen LogP contribution in [0.1, 0.15) is 41.0 Å². The first-order valence-electron chi connectivity index (χ1n) is 6.44. The SMILES string of the molecule is Cc1cc2c(c(C)c1N(C)C)CC[C@@H]2CC(=O)O.[Y]. The van der Waals surface area contributed by atoms with Gasteiger partial charge in [0.2, 0.25) is 0 Å². The number of aryl methyl sites for hydroxylation is 1. The van der Waals surface area contributed by atoms with Crippen molar-refractivity contribution < 1.29 is 42.6 Å². The van der Waals surface area contributed by atoms with Crippen LogP contribution in [0.4, 0.5) is 5.69 Å². The van der Waals surface area contributed by atoms with Crippen LogP contribution >= 0.6 is 0 Å². The van der Waals surface area contributed by atoms with Gasteiger partial charge in [0.25, 0.3) is 0 Å². The number of carboxylic acid groups (broad SMARTS) is 1. The Labute approximate surface area is 140 Å². The molecule has 0 amide bonds. The van der Waals surface area contributed by atoms with Crippen LogP contribution in [0.5, 0.6) is 0 Å². The summed E-state index contributed by atoms with van der Waals surface area (Å²) in [7, 11) is 4.12. The van der Waals surface area contributed by atoms with Crippen LogP contribution in [-0.2, 0) is 43.9 Å². The smallest absolute Gasteiger partial charge is 0.303 e. The van der Waals surface area contributed by atoms with Gasteiger partial charge in [0.15, 0.2) is 0 Å². The molecule has 1 atom stereocenters. The predicted molar refractivity (Wildman–Crippen MR) is 73.6 cm³/mol. The first kappa shape index (κ1) is 16.6. The molecular formula is C15H21NO2Y. The van der Waals surface area contributed by atoms with Crippen molar-refractivity contribution in [1.29, 1.82) is 0 Å². The first-order chi connectivity index (χ1) is 8.41. The second kappa shape index (κ2) is 6.36. The average Bonchev–Trinajstić information content (AvgIpc) is 2.60. The molecule has 0 saturated carbocycles. The molecule has 4 heteroatoms. The minimum absolute atomic E-state index is 0. The van der Waals surface area contributed by atoms with E-state index in [0.29, 0.717) is 0 Å². The minimum atomic E-state index is -0.695. The Bertz CT molecular complexity index is 497. The number of aliphatic carboxylic acids is 1. The van der Waals surface area contributed by atoms with E-state index in [1.807, 2.05) is 0 Å². The molecule has 0 aromatic heterocycles. The van der Waals surface area contributed by atoms with Crippen molar-refractivity contribution in [2.75, 3.05) is 19.0 Å². The third-order valence-electron chi connectivity index (χ3n) is 3.95. The number of hydrogen-bond acceptors (Lipinski definition) is 2. The summed E-state index contributed by atoms with van der Waals surface area (Å²) in [6, 6.07) is 2.19. The van der Waals surface area contributed by atoms with Crippen molar-refractivity contribution >= 4 is 11.7 Å². The van der Waals surface area contributed by atoms with Gasteiger partial charge in [0.1, 0.15) is 0 Å². The van der Waals surface area contributed by atoms with Gasteiger partial charge in [-0.3, -0.25) is 4.79 Å². The quantitative estimate of drug-likeness (QED) is 0.923. The molecule has 2 rings (SSSR count). The number of carboxylic acids is 1. The molecule has 1 N–H and O–H groups in total.